The monoisotopic (exact) mass is 268 g/mol. The van der Waals surface area contributed by atoms with Crippen molar-refractivity contribution in [1.29, 1.82) is 0 Å². The first-order valence-electron chi connectivity index (χ1n) is 4.74. The van der Waals surface area contributed by atoms with Crippen LogP contribution < -0.4 is 5.73 Å². The smallest absolute Gasteiger partial charge is 0.123 e. The quantitative estimate of drug-likeness (QED) is 0.907. The van der Waals surface area contributed by atoms with Crippen LogP contribution in [0.5, 0.6) is 0 Å². The van der Waals surface area contributed by atoms with E-state index in [9.17, 15) is 4.39 Å². The van der Waals surface area contributed by atoms with E-state index in [0.29, 0.717) is 6.54 Å². The fraction of sp³-hybridized carbons (Fsp3) is 0.455. The number of halogens is 3. The average molecular weight is 269 g/mol. The van der Waals surface area contributed by atoms with Crippen molar-refractivity contribution in [3.8, 4) is 0 Å². The summed E-state index contributed by atoms with van der Waals surface area (Å²) in [6.45, 7) is 0.587. The van der Waals surface area contributed by atoms with E-state index in [1.807, 2.05) is 20.2 Å². The van der Waals surface area contributed by atoms with Crippen molar-refractivity contribution in [2.75, 3.05) is 20.6 Å². The summed E-state index contributed by atoms with van der Waals surface area (Å²) in [4.78, 5) is 2.06. The van der Waals surface area contributed by atoms with Crippen LogP contribution in [0.2, 0.25) is 0 Å². The highest BCUT2D eigenvalue weighted by molar-refractivity contribution is 5.85. The minimum absolute atomic E-state index is 0. The molecule has 2 N–H and O–H groups in total. The largest absolute Gasteiger partial charge is 0.329 e. The molecule has 1 aromatic rings. The molecule has 0 amide bonds. The van der Waals surface area contributed by atoms with Crippen LogP contribution in [0.4, 0.5) is 4.39 Å². The highest BCUT2D eigenvalue weighted by Gasteiger charge is 2.09. The Morgan fingerprint density at radius 3 is 2.38 bits per heavy atom. The van der Waals surface area contributed by atoms with Crippen LogP contribution in [0.15, 0.2) is 24.3 Å². The van der Waals surface area contributed by atoms with Gasteiger partial charge in [-0.05, 0) is 38.2 Å². The molecule has 0 fully saturated rings. The summed E-state index contributed by atoms with van der Waals surface area (Å²) in [5, 5.41) is 0. The minimum atomic E-state index is -0.183. The molecular weight excluding hydrogens is 250 g/mol. The second-order valence-corrected chi connectivity index (χ2v) is 3.69. The van der Waals surface area contributed by atoms with E-state index in [-0.39, 0.29) is 36.7 Å². The molecule has 94 valence electrons. The van der Waals surface area contributed by atoms with E-state index in [1.54, 1.807) is 12.1 Å². The number of rotatable bonds is 4. The Balaban J connectivity index is 0. The van der Waals surface area contributed by atoms with E-state index in [0.717, 1.165) is 12.0 Å². The van der Waals surface area contributed by atoms with Gasteiger partial charge in [0.25, 0.3) is 0 Å². The van der Waals surface area contributed by atoms with Gasteiger partial charge < -0.3 is 10.6 Å². The summed E-state index contributed by atoms with van der Waals surface area (Å²) in [6, 6.07) is 6.95. The fourth-order valence-electron chi connectivity index (χ4n) is 1.41. The summed E-state index contributed by atoms with van der Waals surface area (Å²) in [5.41, 5.74) is 6.62. The molecular formula is C11H19Cl2FN2. The predicted octanol–water partition coefficient (Wildman–Crippen LogP) is 2.10. The van der Waals surface area contributed by atoms with Gasteiger partial charge in [0, 0.05) is 12.6 Å². The Hall–Kier alpha value is -0.350. The van der Waals surface area contributed by atoms with Gasteiger partial charge in [0.05, 0.1) is 0 Å². The molecule has 5 heteroatoms. The van der Waals surface area contributed by atoms with Crippen molar-refractivity contribution in [3.63, 3.8) is 0 Å². The first-order valence-corrected chi connectivity index (χ1v) is 4.74. The Morgan fingerprint density at radius 1 is 1.31 bits per heavy atom. The summed E-state index contributed by atoms with van der Waals surface area (Å²) < 4.78 is 12.9. The van der Waals surface area contributed by atoms with E-state index in [4.69, 9.17) is 5.73 Å². The van der Waals surface area contributed by atoms with Crippen LogP contribution in [0, 0.1) is 5.82 Å². The standard InChI is InChI=1S/C11H17FN2.2ClH/c1-14(2)11(8-13)7-9-4-3-5-10(12)6-9;;/h3-6,11H,7-8,13H2,1-2H3;2*1H/t11-;;/m0../s1. The van der Waals surface area contributed by atoms with Gasteiger partial charge in [-0.1, -0.05) is 12.1 Å². The lowest BCUT2D eigenvalue weighted by Gasteiger charge is -2.22. The zero-order valence-electron chi connectivity index (χ0n) is 9.52. The van der Waals surface area contributed by atoms with Gasteiger partial charge in [-0.25, -0.2) is 4.39 Å². The third-order valence-electron chi connectivity index (χ3n) is 2.36. The molecule has 0 spiro atoms. The number of nitrogens with two attached hydrogens (primary N) is 1. The maximum absolute atomic E-state index is 12.9. The van der Waals surface area contributed by atoms with Crippen molar-refractivity contribution < 1.29 is 4.39 Å². The molecule has 1 rings (SSSR count). The van der Waals surface area contributed by atoms with Crippen molar-refractivity contribution >= 4 is 24.8 Å². The van der Waals surface area contributed by atoms with Crippen molar-refractivity contribution in [2.24, 2.45) is 5.73 Å². The lowest BCUT2D eigenvalue weighted by atomic mass is 10.1. The number of benzene rings is 1. The molecule has 0 unspecified atom stereocenters. The molecule has 0 aliphatic heterocycles. The molecule has 0 heterocycles. The van der Waals surface area contributed by atoms with Crippen LogP contribution in [0.25, 0.3) is 0 Å². The van der Waals surface area contributed by atoms with Crippen LogP contribution in [-0.2, 0) is 6.42 Å². The number of hydrogen-bond donors (Lipinski definition) is 1. The Kier molecular flexibility index (Phi) is 9.87. The Labute approximate surface area is 109 Å². The first kappa shape index (κ1) is 18.0. The molecule has 0 bridgehead atoms. The van der Waals surface area contributed by atoms with E-state index < -0.39 is 0 Å². The van der Waals surface area contributed by atoms with Crippen molar-refractivity contribution in [2.45, 2.75) is 12.5 Å². The maximum atomic E-state index is 12.9. The van der Waals surface area contributed by atoms with Gasteiger partial charge in [0.2, 0.25) is 0 Å². The lowest BCUT2D eigenvalue weighted by Crippen LogP contribution is -2.36. The molecule has 0 aromatic heterocycles. The molecule has 1 atom stereocenters. The van der Waals surface area contributed by atoms with Crippen molar-refractivity contribution in [3.05, 3.63) is 35.6 Å². The maximum Gasteiger partial charge on any atom is 0.123 e. The van der Waals surface area contributed by atoms with Gasteiger partial charge in [-0.2, -0.15) is 0 Å². The third-order valence-corrected chi connectivity index (χ3v) is 2.36. The van der Waals surface area contributed by atoms with E-state index in [1.165, 1.54) is 6.07 Å². The van der Waals surface area contributed by atoms with Gasteiger partial charge in [0.1, 0.15) is 5.82 Å². The minimum Gasteiger partial charge on any atom is -0.329 e. The second kappa shape index (κ2) is 8.76. The van der Waals surface area contributed by atoms with E-state index in [2.05, 4.69) is 4.90 Å². The van der Waals surface area contributed by atoms with Gasteiger partial charge in [-0.15, -0.1) is 24.8 Å². The Bertz CT molecular complexity index is 295. The van der Waals surface area contributed by atoms with Crippen LogP contribution in [0.1, 0.15) is 5.56 Å². The molecule has 0 saturated heterocycles. The summed E-state index contributed by atoms with van der Waals surface area (Å²) >= 11 is 0. The van der Waals surface area contributed by atoms with Crippen LogP contribution in [-0.4, -0.2) is 31.6 Å². The zero-order valence-corrected chi connectivity index (χ0v) is 11.2. The lowest BCUT2D eigenvalue weighted by molar-refractivity contribution is 0.297. The predicted molar refractivity (Wildman–Crippen MR) is 71.1 cm³/mol. The molecule has 0 saturated carbocycles. The molecule has 1 aromatic carbocycles. The molecule has 16 heavy (non-hydrogen) atoms. The first-order chi connectivity index (χ1) is 6.63. The Morgan fingerprint density at radius 2 is 1.94 bits per heavy atom. The fourth-order valence-corrected chi connectivity index (χ4v) is 1.41. The summed E-state index contributed by atoms with van der Waals surface area (Å²) in [7, 11) is 3.97. The topological polar surface area (TPSA) is 29.3 Å². The van der Waals surface area contributed by atoms with Crippen LogP contribution >= 0.6 is 24.8 Å². The highest BCUT2D eigenvalue weighted by Crippen LogP contribution is 2.08. The second-order valence-electron chi connectivity index (χ2n) is 3.69. The van der Waals surface area contributed by atoms with E-state index >= 15 is 0 Å². The van der Waals surface area contributed by atoms with Gasteiger partial charge >= 0.3 is 0 Å². The number of hydrogen-bond acceptors (Lipinski definition) is 2. The van der Waals surface area contributed by atoms with Crippen LogP contribution in [0.3, 0.4) is 0 Å². The molecule has 0 aliphatic carbocycles. The number of nitrogens with zero attached hydrogens (tertiary/aromatic N) is 1. The summed E-state index contributed by atoms with van der Waals surface area (Å²) in [5.74, 6) is -0.183. The molecule has 0 radical (unpaired) electrons. The molecule has 0 aliphatic rings. The zero-order chi connectivity index (χ0) is 10.6. The highest BCUT2D eigenvalue weighted by atomic mass is 35.5. The SMILES string of the molecule is CN(C)[C@H](CN)Cc1cccc(F)c1.Cl.Cl. The average Bonchev–Trinajstić information content (AvgIpc) is 2.14. The van der Waals surface area contributed by atoms with Crippen molar-refractivity contribution in [1.82, 2.24) is 4.90 Å². The van der Waals surface area contributed by atoms with Gasteiger partial charge in [0.15, 0.2) is 0 Å². The number of likely N-dealkylation sites (N-methyl/N-ethyl adjacent to an activating group) is 1. The van der Waals surface area contributed by atoms with Gasteiger partial charge in [-0.3, -0.25) is 0 Å². The molecule has 2 nitrogen and oxygen atoms in total. The summed E-state index contributed by atoms with van der Waals surface area (Å²) in [6.07, 6.45) is 0.793. The normalized spacial score (nSPS) is 11.6. The third kappa shape index (κ3) is 5.66.